The van der Waals surface area contributed by atoms with Crippen LogP contribution in [0.3, 0.4) is 0 Å². The molecule has 5 heteroatoms. The van der Waals surface area contributed by atoms with Crippen molar-refractivity contribution in [1.82, 2.24) is 10.2 Å². The largest absolute Gasteiger partial charge is 0.392 e. The molecule has 1 aliphatic heterocycles. The molecule has 1 fully saturated rings. The van der Waals surface area contributed by atoms with E-state index >= 15 is 0 Å². The van der Waals surface area contributed by atoms with Gasteiger partial charge in [0.2, 0.25) is 11.8 Å². The molecule has 21 heavy (non-hydrogen) atoms. The Hall–Kier alpha value is -1.88. The van der Waals surface area contributed by atoms with Crippen LogP contribution in [0, 0.1) is 5.92 Å². The highest BCUT2D eigenvalue weighted by Crippen LogP contribution is 2.17. The van der Waals surface area contributed by atoms with Crippen molar-refractivity contribution in [1.29, 1.82) is 0 Å². The summed E-state index contributed by atoms with van der Waals surface area (Å²) in [4.78, 5) is 25.2. The van der Waals surface area contributed by atoms with Crippen molar-refractivity contribution in [2.24, 2.45) is 5.92 Å². The average Bonchev–Trinajstić information content (AvgIpc) is 2.53. The Balaban J connectivity index is 1.78. The normalized spacial score (nSPS) is 15.8. The Morgan fingerprint density at radius 3 is 2.29 bits per heavy atom. The molecule has 0 spiro atoms. The first kappa shape index (κ1) is 15.5. The first-order valence-corrected chi connectivity index (χ1v) is 7.32. The second-order valence-corrected chi connectivity index (χ2v) is 5.47. The number of amides is 2. The fourth-order valence-electron chi connectivity index (χ4n) is 2.55. The van der Waals surface area contributed by atoms with Crippen LogP contribution in [0.15, 0.2) is 24.3 Å². The summed E-state index contributed by atoms with van der Waals surface area (Å²) in [5.41, 5.74) is 1.88. The first-order chi connectivity index (χ1) is 10.1. The molecule has 0 radical (unpaired) electrons. The monoisotopic (exact) mass is 290 g/mol. The number of piperidine rings is 1. The number of aliphatic hydroxyl groups is 1. The zero-order chi connectivity index (χ0) is 15.2. The maximum absolute atomic E-state index is 12.1. The van der Waals surface area contributed by atoms with E-state index in [-0.39, 0.29) is 24.3 Å². The third kappa shape index (κ3) is 4.29. The van der Waals surface area contributed by atoms with Crippen LogP contribution in [0.25, 0.3) is 0 Å². The maximum Gasteiger partial charge on any atom is 0.223 e. The van der Waals surface area contributed by atoms with E-state index in [9.17, 15) is 9.59 Å². The van der Waals surface area contributed by atoms with Crippen LogP contribution < -0.4 is 5.32 Å². The van der Waals surface area contributed by atoms with Crippen LogP contribution in [-0.2, 0) is 22.7 Å². The van der Waals surface area contributed by atoms with Crippen molar-refractivity contribution >= 4 is 11.8 Å². The van der Waals surface area contributed by atoms with Crippen LogP contribution in [-0.4, -0.2) is 34.9 Å². The average molecular weight is 290 g/mol. The topological polar surface area (TPSA) is 69.6 Å². The van der Waals surface area contributed by atoms with E-state index in [1.165, 1.54) is 0 Å². The van der Waals surface area contributed by atoms with Gasteiger partial charge in [0, 0.05) is 32.5 Å². The molecule has 114 valence electrons. The summed E-state index contributed by atoms with van der Waals surface area (Å²) in [6, 6.07) is 7.52. The molecule has 2 N–H and O–H groups in total. The Bertz CT molecular complexity index is 491. The number of nitrogens with one attached hydrogen (secondary N) is 1. The van der Waals surface area contributed by atoms with E-state index in [2.05, 4.69) is 5.32 Å². The fraction of sp³-hybridized carbons (Fsp3) is 0.500. The molecule has 2 rings (SSSR count). The minimum Gasteiger partial charge on any atom is -0.392 e. The molecule has 1 heterocycles. The lowest BCUT2D eigenvalue weighted by Crippen LogP contribution is -2.42. The quantitative estimate of drug-likeness (QED) is 0.871. The van der Waals surface area contributed by atoms with E-state index < -0.39 is 0 Å². The molecule has 1 aromatic rings. The molecule has 0 unspecified atom stereocenters. The number of likely N-dealkylation sites (tertiary alicyclic amines) is 1. The lowest BCUT2D eigenvalue weighted by molar-refractivity contribution is -0.134. The molecular formula is C16H22N2O3. The van der Waals surface area contributed by atoms with E-state index in [0.717, 1.165) is 24.0 Å². The zero-order valence-electron chi connectivity index (χ0n) is 12.3. The van der Waals surface area contributed by atoms with Crippen molar-refractivity contribution < 1.29 is 14.7 Å². The molecule has 0 bridgehead atoms. The number of rotatable bonds is 4. The van der Waals surface area contributed by atoms with Crippen LogP contribution in [0.5, 0.6) is 0 Å². The fourth-order valence-corrected chi connectivity index (χ4v) is 2.55. The molecule has 5 nitrogen and oxygen atoms in total. The summed E-state index contributed by atoms with van der Waals surface area (Å²) < 4.78 is 0. The van der Waals surface area contributed by atoms with Gasteiger partial charge >= 0.3 is 0 Å². The van der Waals surface area contributed by atoms with Gasteiger partial charge in [-0.15, -0.1) is 0 Å². The third-order valence-electron chi connectivity index (χ3n) is 3.98. The van der Waals surface area contributed by atoms with Crippen LogP contribution >= 0.6 is 0 Å². The molecule has 0 aromatic heterocycles. The Morgan fingerprint density at radius 2 is 1.76 bits per heavy atom. The SMILES string of the molecule is CC(=O)N1CCC(C(=O)NCc2ccc(CO)cc2)CC1. The molecule has 0 aliphatic carbocycles. The predicted octanol–water partition coefficient (Wildman–Crippen LogP) is 1.05. The number of hydrogen-bond acceptors (Lipinski definition) is 3. The van der Waals surface area contributed by atoms with Crippen molar-refractivity contribution in [2.45, 2.75) is 32.9 Å². The molecule has 0 saturated carbocycles. The van der Waals surface area contributed by atoms with Crippen LogP contribution in [0.4, 0.5) is 0 Å². The maximum atomic E-state index is 12.1. The smallest absolute Gasteiger partial charge is 0.223 e. The van der Waals surface area contributed by atoms with Crippen LogP contribution in [0.2, 0.25) is 0 Å². The van der Waals surface area contributed by atoms with Gasteiger partial charge in [-0.1, -0.05) is 24.3 Å². The molecule has 2 amide bonds. The summed E-state index contributed by atoms with van der Waals surface area (Å²) in [7, 11) is 0. The van der Waals surface area contributed by atoms with Gasteiger partial charge in [-0.05, 0) is 24.0 Å². The Labute approximate surface area is 125 Å². The highest BCUT2D eigenvalue weighted by molar-refractivity contribution is 5.79. The third-order valence-corrected chi connectivity index (χ3v) is 3.98. The van der Waals surface area contributed by atoms with Crippen molar-refractivity contribution in [2.75, 3.05) is 13.1 Å². The molecule has 1 saturated heterocycles. The molecular weight excluding hydrogens is 268 g/mol. The van der Waals surface area contributed by atoms with Gasteiger partial charge in [0.05, 0.1) is 6.61 Å². The van der Waals surface area contributed by atoms with Gasteiger partial charge in [-0.2, -0.15) is 0 Å². The summed E-state index contributed by atoms with van der Waals surface area (Å²) in [5, 5.41) is 11.9. The predicted molar refractivity (Wildman–Crippen MR) is 79.2 cm³/mol. The van der Waals surface area contributed by atoms with E-state index in [0.29, 0.717) is 19.6 Å². The van der Waals surface area contributed by atoms with Gasteiger partial charge in [-0.3, -0.25) is 9.59 Å². The zero-order valence-corrected chi connectivity index (χ0v) is 12.3. The highest BCUT2D eigenvalue weighted by Gasteiger charge is 2.25. The number of aliphatic hydroxyl groups excluding tert-OH is 1. The summed E-state index contributed by atoms with van der Waals surface area (Å²) in [6.45, 7) is 3.42. The molecule has 1 aromatic carbocycles. The van der Waals surface area contributed by atoms with E-state index in [4.69, 9.17) is 5.11 Å². The van der Waals surface area contributed by atoms with Gasteiger partial charge in [0.1, 0.15) is 0 Å². The lowest BCUT2D eigenvalue weighted by Gasteiger charge is -2.30. The van der Waals surface area contributed by atoms with Gasteiger partial charge in [-0.25, -0.2) is 0 Å². The second kappa shape index (κ2) is 7.22. The Morgan fingerprint density at radius 1 is 1.19 bits per heavy atom. The first-order valence-electron chi connectivity index (χ1n) is 7.32. The van der Waals surface area contributed by atoms with Crippen LogP contribution in [0.1, 0.15) is 30.9 Å². The number of hydrogen-bond donors (Lipinski definition) is 2. The van der Waals surface area contributed by atoms with E-state index in [1.54, 1.807) is 11.8 Å². The van der Waals surface area contributed by atoms with Crippen molar-refractivity contribution in [3.05, 3.63) is 35.4 Å². The highest BCUT2D eigenvalue weighted by atomic mass is 16.3. The summed E-state index contributed by atoms with van der Waals surface area (Å²) in [5.74, 6) is 0.139. The Kier molecular flexibility index (Phi) is 5.33. The minimum absolute atomic E-state index is 0.00249. The molecule has 1 aliphatic rings. The van der Waals surface area contributed by atoms with Gasteiger partial charge < -0.3 is 15.3 Å². The van der Waals surface area contributed by atoms with Crippen molar-refractivity contribution in [3.8, 4) is 0 Å². The lowest BCUT2D eigenvalue weighted by atomic mass is 9.96. The number of carbonyl (C=O) groups is 2. The number of carbonyl (C=O) groups excluding carboxylic acids is 2. The minimum atomic E-state index is -0.00249. The van der Waals surface area contributed by atoms with Crippen molar-refractivity contribution in [3.63, 3.8) is 0 Å². The standard InChI is InChI=1S/C16H22N2O3/c1-12(20)18-8-6-15(7-9-18)16(21)17-10-13-2-4-14(11-19)5-3-13/h2-5,15,19H,6-11H2,1H3,(H,17,21). The number of nitrogens with zero attached hydrogens (tertiary/aromatic N) is 1. The van der Waals surface area contributed by atoms with E-state index in [1.807, 2.05) is 24.3 Å². The summed E-state index contributed by atoms with van der Waals surface area (Å²) >= 11 is 0. The second-order valence-electron chi connectivity index (χ2n) is 5.47. The van der Waals surface area contributed by atoms with Gasteiger partial charge in [0.25, 0.3) is 0 Å². The number of benzene rings is 1. The van der Waals surface area contributed by atoms with Gasteiger partial charge in [0.15, 0.2) is 0 Å². The molecule has 0 atom stereocenters. The summed E-state index contributed by atoms with van der Waals surface area (Å²) in [6.07, 6.45) is 1.46.